The molecule has 1 saturated heterocycles. The third kappa shape index (κ3) is 4.74. The number of carbonyl (C=O) groups excluding carboxylic acids is 1. The number of rotatable bonds is 5. The van der Waals surface area contributed by atoms with Crippen molar-refractivity contribution in [2.75, 3.05) is 13.1 Å². The molecule has 2 rings (SSSR count). The molecule has 0 spiro atoms. The number of hydrogen-bond acceptors (Lipinski definition) is 3. The van der Waals surface area contributed by atoms with Crippen LogP contribution in [0.3, 0.4) is 0 Å². The fourth-order valence-corrected chi connectivity index (χ4v) is 3.34. The van der Waals surface area contributed by atoms with Crippen molar-refractivity contribution in [2.24, 2.45) is 5.92 Å². The second-order valence-electron chi connectivity index (χ2n) is 6.46. The molecule has 0 radical (unpaired) electrons. The zero-order chi connectivity index (χ0) is 14.4. The van der Waals surface area contributed by atoms with Crippen LogP contribution in [-0.4, -0.2) is 37.2 Å². The van der Waals surface area contributed by atoms with E-state index in [1.807, 2.05) is 6.92 Å². The zero-order valence-corrected chi connectivity index (χ0v) is 13.0. The van der Waals surface area contributed by atoms with Crippen LogP contribution in [-0.2, 0) is 9.53 Å². The van der Waals surface area contributed by atoms with E-state index < -0.39 is 0 Å². The van der Waals surface area contributed by atoms with Gasteiger partial charge in [0.05, 0.1) is 6.10 Å². The van der Waals surface area contributed by atoms with Crippen molar-refractivity contribution in [3.05, 3.63) is 0 Å². The van der Waals surface area contributed by atoms with E-state index in [-0.39, 0.29) is 18.1 Å². The zero-order valence-electron chi connectivity index (χ0n) is 13.0. The summed E-state index contributed by atoms with van der Waals surface area (Å²) in [5.41, 5.74) is 0. The van der Waals surface area contributed by atoms with E-state index in [1.54, 1.807) is 0 Å². The molecule has 2 fully saturated rings. The van der Waals surface area contributed by atoms with Gasteiger partial charge in [-0.1, -0.05) is 26.7 Å². The fraction of sp³-hybridized carbons (Fsp3) is 0.938. The molecule has 4 heteroatoms. The molecule has 1 aliphatic heterocycles. The lowest BCUT2D eigenvalue weighted by atomic mass is 9.88. The van der Waals surface area contributed by atoms with E-state index in [2.05, 4.69) is 17.6 Å². The maximum Gasteiger partial charge on any atom is 0.249 e. The predicted octanol–water partition coefficient (Wildman–Crippen LogP) is 2.23. The minimum Gasteiger partial charge on any atom is -0.365 e. The molecule has 4 nitrogen and oxygen atoms in total. The lowest BCUT2D eigenvalue weighted by Gasteiger charge is -2.31. The molecule has 0 aromatic rings. The van der Waals surface area contributed by atoms with E-state index in [0.29, 0.717) is 6.04 Å². The lowest BCUT2D eigenvalue weighted by Crippen LogP contribution is -2.47. The SMILES string of the molecule is CCC(OC1CCCC(C)C1)C(=O)NC1CCNCC1. The Bertz CT molecular complexity index is 303. The summed E-state index contributed by atoms with van der Waals surface area (Å²) < 4.78 is 6.09. The van der Waals surface area contributed by atoms with Crippen molar-refractivity contribution in [3.8, 4) is 0 Å². The van der Waals surface area contributed by atoms with Crippen LogP contribution in [0.15, 0.2) is 0 Å². The fourth-order valence-electron chi connectivity index (χ4n) is 3.34. The highest BCUT2D eigenvalue weighted by Gasteiger charge is 2.27. The van der Waals surface area contributed by atoms with Gasteiger partial charge in [-0.2, -0.15) is 0 Å². The molecule has 3 atom stereocenters. The number of nitrogens with one attached hydrogen (secondary N) is 2. The summed E-state index contributed by atoms with van der Waals surface area (Å²) >= 11 is 0. The predicted molar refractivity (Wildman–Crippen MR) is 80.6 cm³/mol. The Hall–Kier alpha value is -0.610. The van der Waals surface area contributed by atoms with Gasteiger partial charge in [0.2, 0.25) is 5.91 Å². The Kier molecular flexibility index (Phi) is 6.30. The highest BCUT2D eigenvalue weighted by Crippen LogP contribution is 2.27. The average Bonchev–Trinajstić information content (AvgIpc) is 2.46. The molecular formula is C16H30N2O2. The van der Waals surface area contributed by atoms with E-state index >= 15 is 0 Å². The smallest absolute Gasteiger partial charge is 0.249 e. The van der Waals surface area contributed by atoms with Crippen LogP contribution in [0.4, 0.5) is 0 Å². The Morgan fingerprint density at radius 2 is 2.05 bits per heavy atom. The van der Waals surface area contributed by atoms with Gasteiger partial charge in [0.25, 0.3) is 0 Å². The summed E-state index contributed by atoms with van der Waals surface area (Å²) in [6.45, 7) is 6.33. The maximum atomic E-state index is 12.3. The first kappa shape index (κ1) is 15.8. The van der Waals surface area contributed by atoms with Crippen LogP contribution in [0.2, 0.25) is 0 Å². The van der Waals surface area contributed by atoms with Gasteiger partial charge in [-0.15, -0.1) is 0 Å². The molecule has 0 bridgehead atoms. The Balaban J connectivity index is 1.78. The molecule has 116 valence electrons. The number of amides is 1. The highest BCUT2D eigenvalue weighted by atomic mass is 16.5. The van der Waals surface area contributed by atoms with Crippen LogP contribution in [0.25, 0.3) is 0 Å². The molecule has 2 aliphatic rings. The molecule has 1 aliphatic carbocycles. The normalized spacial score (nSPS) is 29.9. The Morgan fingerprint density at radius 1 is 1.30 bits per heavy atom. The summed E-state index contributed by atoms with van der Waals surface area (Å²) in [5.74, 6) is 0.830. The average molecular weight is 282 g/mol. The molecule has 2 N–H and O–H groups in total. The van der Waals surface area contributed by atoms with E-state index in [1.165, 1.54) is 12.8 Å². The largest absolute Gasteiger partial charge is 0.365 e. The summed E-state index contributed by atoms with van der Waals surface area (Å²) in [6.07, 6.45) is 7.60. The Morgan fingerprint density at radius 3 is 2.70 bits per heavy atom. The molecule has 1 heterocycles. The minimum absolute atomic E-state index is 0.0950. The van der Waals surface area contributed by atoms with Crippen LogP contribution < -0.4 is 10.6 Å². The minimum atomic E-state index is -0.264. The number of piperidine rings is 1. The van der Waals surface area contributed by atoms with Crippen LogP contribution >= 0.6 is 0 Å². The van der Waals surface area contributed by atoms with Crippen molar-refractivity contribution >= 4 is 5.91 Å². The second-order valence-corrected chi connectivity index (χ2v) is 6.46. The van der Waals surface area contributed by atoms with Gasteiger partial charge >= 0.3 is 0 Å². The molecule has 3 unspecified atom stereocenters. The van der Waals surface area contributed by atoms with Crippen LogP contribution in [0.1, 0.15) is 58.8 Å². The molecule has 1 saturated carbocycles. The standard InChI is InChI=1S/C16H30N2O2/c1-3-15(20-14-6-4-5-12(2)11-14)16(19)18-13-7-9-17-10-8-13/h12-15,17H,3-11H2,1-2H3,(H,18,19). The van der Waals surface area contributed by atoms with Gasteiger partial charge in [-0.05, 0) is 51.1 Å². The molecule has 1 amide bonds. The van der Waals surface area contributed by atoms with Gasteiger partial charge in [-0.25, -0.2) is 0 Å². The van der Waals surface area contributed by atoms with E-state index in [9.17, 15) is 4.79 Å². The van der Waals surface area contributed by atoms with Crippen molar-refractivity contribution in [3.63, 3.8) is 0 Å². The Labute approximate surface area is 123 Å². The number of carbonyl (C=O) groups is 1. The monoisotopic (exact) mass is 282 g/mol. The first-order valence-corrected chi connectivity index (χ1v) is 8.35. The molecular weight excluding hydrogens is 252 g/mol. The van der Waals surface area contributed by atoms with Crippen LogP contribution in [0.5, 0.6) is 0 Å². The summed E-state index contributed by atoms with van der Waals surface area (Å²) in [5, 5.41) is 6.49. The van der Waals surface area contributed by atoms with E-state index in [4.69, 9.17) is 4.74 Å². The maximum absolute atomic E-state index is 12.3. The first-order chi connectivity index (χ1) is 9.69. The van der Waals surface area contributed by atoms with Gasteiger partial charge in [-0.3, -0.25) is 4.79 Å². The first-order valence-electron chi connectivity index (χ1n) is 8.35. The van der Waals surface area contributed by atoms with Crippen LogP contribution in [0, 0.1) is 5.92 Å². The van der Waals surface area contributed by atoms with Crippen molar-refractivity contribution in [1.82, 2.24) is 10.6 Å². The second kappa shape index (κ2) is 7.99. The van der Waals surface area contributed by atoms with Gasteiger partial charge in [0, 0.05) is 6.04 Å². The quantitative estimate of drug-likeness (QED) is 0.813. The van der Waals surface area contributed by atoms with Gasteiger partial charge in [0.15, 0.2) is 0 Å². The third-order valence-electron chi connectivity index (χ3n) is 4.59. The van der Waals surface area contributed by atoms with Gasteiger partial charge in [0.1, 0.15) is 6.10 Å². The van der Waals surface area contributed by atoms with Crippen molar-refractivity contribution < 1.29 is 9.53 Å². The topological polar surface area (TPSA) is 50.4 Å². The van der Waals surface area contributed by atoms with Crippen molar-refractivity contribution in [2.45, 2.75) is 77.0 Å². The number of ether oxygens (including phenoxy) is 1. The number of hydrogen-bond donors (Lipinski definition) is 2. The highest BCUT2D eigenvalue weighted by molar-refractivity contribution is 5.81. The third-order valence-corrected chi connectivity index (χ3v) is 4.59. The van der Waals surface area contributed by atoms with Gasteiger partial charge < -0.3 is 15.4 Å². The molecule has 0 aromatic heterocycles. The molecule has 0 aromatic carbocycles. The lowest BCUT2D eigenvalue weighted by molar-refractivity contribution is -0.139. The summed E-state index contributed by atoms with van der Waals surface area (Å²) in [7, 11) is 0. The van der Waals surface area contributed by atoms with E-state index in [0.717, 1.165) is 51.1 Å². The van der Waals surface area contributed by atoms with Crippen molar-refractivity contribution in [1.29, 1.82) is 0 Å². The summed E-state index contributed by atoms with van der Waals surface area (Å²) in [4.78, 5) is 12.3. The molecule has 20 heavy (non-hydrogen) atoms. The summed E-state index contributed by atoms with van der Waals surface area (Å²) in [6, 6.07) is 0.326.